The molecule has 4 nitrogen and oxygen atoms in total. The number of hydrogen-bond acceptors (Lipinski definition) is 2. The topological polar surface area (TPSA) is 57.9 Å². The van der Waals surface area contributed by atoms with E-state index in [9.17, 15) is 4.79 Å². The van der Waals surface area contributed by atoms with Gasteiger partial charge in [-0.15, -0.1) is 0 Å². The molecule has 2 aromatic heterocycles. The van der Waals surface area contributed by atoms with Crippen LogP contribution in [0.2, 0.25) is 0 Å². The number of nitrogens with one attached hydrogen (secondary N) is 2. The summed E-state index contributed by atoms with van der Waals surface area (Å²) in [6, 6.07) is 16.7. The molecule has 4 aromatic rings. The summed E-state index contributed by atoms with van der Waals surface area (Å²) in [6.45, 7) is 0. The molecule has 0 fully saturated rings. The highest BCUT2D eigenvalue weighted by molar-refractivity contribution is 5.88. The van der Waals surface area contributed by atoms with Crippen molar-refractivity contribution in [3.05, 3.63) is 72.1 Å². The number of hydrogen-bond donors (Lipinski definition) is 2. The van der Waals surface area contributed by atoms with E-state index < -0.39 is 0 Å². The summed E-state index contributed by atoms with van der Waals surface area (Å²) in [6.07, 6.45) is 6.33. The first-order chi connectivity index (χ1) is 12.8. The molecule has 0 aliphatic carbocycles. The molecule has 0 aliphatic heterocycles. The molecular formula is C22H22N2O2. The molecule has 4 heteroatoms. The minimum atomic E-state index is -0.151. The van der Waals surface area contributed by atoms with Crippen LogP contribution in [0.5, 0.6) is 0 Å². The number of carbonyl (C=O) groups is 1. The van der Waals surface area contributed by atoms with Gasteiger partial charge < -0.3 is 14.7 Å². The summed E-state index contributed by atoms with van der Waals surface area (Å²) in [5.41, 5.74) is 4.83. The van der Waals surface area contributed by atoms with E-state index in [-0.39, 0.29) is 11.9 Å². The maximum Gasteiger partial charge on any atom is 0.305 e. The summed E-state index contributed by atoms with van der Waals surface area (Å²) in [4.78, 5) is 18.3. The smallest absolute Gasteiger partial charge is 0.305 e. The van der Waals surface area contributed by atoms with E-state index in [4.69, 9.17) is 4.74 Å². The van der Waals surface area contributed by atoms with Crippen LogP contribution in [0.25, 0.3) is 21.8 Å². The van der Waals surface area contributed by atoms with E-state index in [1.54, 1.807) is 0 Å². The predicted octanol–water partition coefficient (Wildman–Crippen LogP) is 5.12. The van der Waals surface area contributed by atoms with Crippen molar-refractivity contribution in [1.29, 1.82) is 0 Å². The van der Waals surface area contributed by atoms with Crippen LogP contribution < -0.4 is 0 Å². The van der Waals surface area contributed by atoms with E-state index in [0.29, 0.717) is 6.42 Å². The van der Waals surface area contributed by atoms with Crippen LogP contribution in [0, 0.1) is 0 Å². The molecule has 2 N–H and O–H groups in total. The van der Waals surface area contributed by atoms with Crippen molar-refractivity contribution in [2.75, 3.05) is 7.11 Å². The Bertz CT molecular complexity index is 970. The second-order valence-electron chi connectivity index (χ2n) is 6.60. The lowest BCUT2D eigenvalue weighted by Gasteiger charge is -2.16. The normalized spacial score (nSPS) is 11.5. The van der Waals surface area contributed by atoms with Crippen LogP contribution in [-0.4, -0.2) is 23.0 Å². The van der Waals surface area contributed by atoms with Crippen molar-refractivity contribution in [2.24, 2.45) is 0 Å². The molecule has 0 unspecified atom stereocenters. The fraction of sp³-hybridized carbons (Fsp3) is 0.227. The summed E-state index contributed by atoms with van der Waals surface area (Å²) in [7, 11) is 1.44. The van der Waals surface area contributed by atoms with Gasteiger partial charge in [-0.3, -0.25) is 4.79 Å². The van der Waals surface area contributed by atoms with E-state index in [0.717, 1.165) is 23.9 Å². The number of H-pyrrole nitrogens is 2. The van der Waals surface area contributed by atoms with Gasteiger partial charge in [0.1, 0.15) is 0 Å². The number of aromatic nitrogens is 2. The molecule has 0 atom stereocenters. The molecule has 0 spiro atoms. The van der Waals surface area contributed by atoms with Crippen molar-refractivity contribution in [3.8, 4) is 0 Å². The molecule has 0 amide bonds. The monoisotopic (exact) mass is 346 g/mol. The Labute approximate surface area is 152 Å². The molecule has 0 bridgehead atoms. The van der Waals surface area contributed by atoms with Crippen LogP contribution >= 0.6 is 0 Å². The Morgan fingerprint density at radius 2 is 1.46 bits per heavy atom. The van der Waals surface area contributed by atoms with Gasteiger partial charge in [0.25, 0.3) is 0 Å². The maximum absolute atomic E-state index is 11.6. The molecule has 26 heavy (non-hydrogen) atoms. The fourth-order valence-corrected chi connectivity index (χ4v) is 3.80. The SMILES string of the molecule is COC(=O)CCCC(c1c[nH]c2ccccc12)c1c[nH]c2ccccc12. The second kappa shape index (κ2) is 7.08. The van der Waals surface area contributed by atoms with Crippen molar-refractivity contribution < 1.29 is 9.53 Å². The van der Waals surface area contributed by atoms with Gasteiger partial charge >= 0.3 is 5.97 Å². The van der Waals surface area contributed by atoms with Crippen LogP contribution in [0.4, 0.5) is 0 Å². The van der Waals surface area contributed by atoms with Gasteiger partial charge in [0.05, 0.1) is 7.11 Å². The van der Waals surface area contributed by atoms with Crippen molar-refractivity contribution >= 4 is 27.8 Å². The highest BCUT2D eigenvalue weighted by Crippen LogP contribution is 2.37. The second-order valence-corrected chi connectivity index (χ2v) is 6.60. The Balaban J connectivity index is 1.75. The number of methoxy groups -OCH3 is 1. The van der Waals surface area contributed by atoms with E-state index in [2.05, 4.69) is 58.8 Å². The first-order valence-corrected chi connectivity index (χ1v) is 8.97. The number of esters is 1. The lowest BCUT2D eigenvalue weighted by molar-refractivity contribution is -0.140. The van der Waals surface area contributed by atoms with Crippen molar-refractivity contribution in [3.63, 3.8) is 0 Å². The summed E-state index contributed by atoms with van der Waals surface area (Å²) in [5, 5.41) is 2.47. The van der Waals surface area contributed by atoms with Gasteiger partial charge in [0.2, 0.25) is 0 Å². The van der Waals surface area contributed by atoms with Gasteiger partial charge in [-0.2, -0.15) is 0 Å². The van der Waals surface area contributed by atoms with Crippen LogP contribution in [-0.2, 0) is 9.53 Å². The zero-order valence-electron chi connectivity index (χ0n) is 14.8. The molecule has 132 valence electrons. The summed E-state index contributed by atoms with van der Waals surface area (Å²) in [5.74, 6) is 0.0635. The number of carbonyl (C=O) groups excluding carboxylic acids is 1. The van der Waals surface area contributed by atoms with E-state index >= 15 is 0 Å². The molecule has 0 saturated carbocycles. The third-order valence-electron chi connectivity index (χ3n) is 5.09. The summed E-state index contributed by atoms with van der Waals surface area (Å²) >= 11 is 0. The first-order valence-electron chi connectivity index (χ1n) is 8.97. The van der Waals surface area contributed by atoms with E-state index in [1.165, 1.54) is 29.0 Å². The third kappa shape index (κ3) is 2.99. The molecular weight excluding hydrogens is 324 g/mol. The van der Waals surface area contributed by atoms with Gasteiger partial charge in [-0.05, 0) is 36.1 Å². The lowest BCUT2D eigenvalue weighted by atomic mass is 9.86. The number of ether oxygens (including phenoxy) is 1. The Morgan fingerprint density at radius 3 is 2.00 bits per heavy atom. The fourth-order valence-electron chi connectivity index (χ4n) is 3.80. The zero-order valence-corrected chi connectivity index (χ0v) is 14.8. The Morgan fingerprint density at radius 1 is 0.923 bits per heavy atom. The lowest BCUT2D eigenvalue weighted by Crippen LogP contribution is -2.04. The minimum Gasteiger partial charge on any atom is -0.469 e. The Kier molecular flexibility index (Phi) is 4.48. The quantitative estimate of drug-likeness (QED) is 0.476. The standard InChI is InChI=1S/C22H22N2O2/c1-26-22(25)12-6-9-15(18-13-23-20-10-4-2-7-16(18)20)19-14-24-21-11-5-3-8-17(19)21/h2-5,7-8,10-11,13-15,23-24H,6,9,12H2,1H3. The zero-order chi connectivity index (χ0) is 17.9. The van der Waals surface area contributed by atoms with Crippen molar-refractivity contribution in [2.45, 2.75) is 25.2 Å². The molecule has 0 radical (unpaired) electrons. The number of para-hydroxylation sites is 2. The molecule has 2 aromatic carbocycles. The number of aromatic amines is 2. The van der Waals surface area contributed by atoms with Gasteiger partial charge in [0.15, 0.2) is 0 Å². The minimum absolute atomic E-state index is 0.151. The van der Waals surface area contributed by atoms with Gasteiger partial charge in [0, 0.05) is 46.5 Å². The molecule has 0 saturated heterocycles. The molecule has 4 rings (SSSR count). The van der Waals surface area contributed by atoms with Crippen molar-refractivity contribution in [1.82, 2.24) is 9.97 Å². The number of rotatable bonds is 6. The average molecular weight is 346 g/mol. The van der Waals surface area contributed by atoms with E-state index in [1.807, 2.05) is 12.1 Å². The predicted molar refractivity (Wildman–Crippen MR) is 104 cm³/mol. The van der Waals surface area contributed by atoms with Crippen LogP contribution in [0.1, 0.15) is 36.3 Å². The van der Waals surface area contributed by atoms with Gasteiger partial charge in [-0.1, -0.05) is 36.4 Å². The van der Waals surface area contributed by atoms with Crippen LogP contribution in [0.15, 0.2) is 60.9 Å². The molecule has 0 aliphatic rings. The number of benzene rings is 2. The van der Waals surface area contributed by atoms with Crippen LogP contribution in [0.3, 0.4) is 0 Å². The van der Waals surface area contributed by atoms with Gasteiger partial charge in [-0.25, -0.2) is 0 Å². The Hall–Kier alpha value is -3.01. The maximum atomic E-state index is 11.6. The third-order valence-corrected chi connectivity index (χ3v) is 5.09. The number of fused-ring (bicyclic) bond motifs is 2. The molecule has 2 heterocycles. The largest absolute Gasteiger partial charge is 0.469 e. The average Bonchev–Trinajstić information content (AvgIpc) is 3.30. The highest BCUT2D eigenvalue weighted by Gasteiger charge is 2.21. The highest BCUT2D eigenvalue weighted by atomic mass is 16.5. The first kappa shape index (κ1) is 16.5. The summed E-state index contributed by atoms with van der Waals surface area (Å²) < 4.78 is 4.80.